The first kappa shape index (κ1) is 6.46. The highest BCUT2D eigenvalue weighted by Gasteiger charge is 2.46. The minimum absolute atomic E-state index is 0. The second-order valence-electron chi connectivity index (χ2n) is 3.91. The molecule has 1 N–H and O–H groups in total. The van der Waals surface area contributed by atoms with Gasteiger partial charge < -0.3 is 5.32 Å². The molecule has 2 heterocycles. The quantitative estimate of drug-likeness (QED) is 0.632. The predicted molar refractivity (Wildman–Crippen MR) is 50.6 cm³/mol. The average Bonchev–Trinajstić information content (AvgIpc) is 2.71. The van der Waals surface area contributed by atoms with Crippen molar-refractivity contribution in [3.05, 3.63) is 23.0 Å². The number of nitrogens with one attached hydrogen (secondary N) is 1. The van der Waals surface area contributed by atoms with Gasteiger partial charge in [-0.15, -0.1) is 0 Å². The highest BCUT2D eigenvalue weighted by Crippen LogP contribution is 2.53. The van der Waals surface area contributed by atoms with Gasteiger partial charge in [-0.05, 0) is 31.4 Å². The van der Waals surface area contributed by atoms with Crippen LogP contribution >= 0.6 is 0 Å². The molecule has 1 aromatic heterocycles. The largest absolute Gasteiger partial charge is 0.380 e. The molecule has 0 radical (unpaired) electrons. The van der Waals surface area contributed by atoms with Crippen LogP contribution in [0, 0.1) is 13.8 Å². The van der Waals surface area contributed by atoms with Gasteiger partial charge in [-0.3, -0.25) is 4.98 Å². The van der Waals surface area contributed by atoms with Crippen LogP contribution in [-0.2, 0) is 0 Å². The Morgan fingerprint density at radius 2 is 2.42 bits per heavy atom. The molecule has 1 aromatic rings. The molecule has 0 bridgehead atoms. The number of anilines is 1. The molecule has 1 aliphatic carbocycles. The number of hydrogen-bond donors (Lipinski definition) is 1. The van der Waals surface area contributed by atoms with Gasteiger partial charge in [0.25, 0.3) is 0 Å². The highest BCUT2D eigenvalue weighted by atomic mass is 15.0. The molecule has 2 atom stereocenters. The third kappa shape index (κ3) is 0.631. The Morgan fingerprint density at radius 1 is 1.58 bits per heavy atom. The van der Waals surface area contributed by atoms with Crippen molar-refractivity contribution in [3.8, 4) is 0 Å². The minimum atomic E-state index is 0. The maximum atomic E-state index is 4.34. The zero-order chi connectivity index (χ0) is 8.29. The van der Waals surface area contributed by atoms with Crippen molar-refractivity contribution in [3.63, 3.8) is 0 Å². The summed E-state index contributed by atoms with van der Waals surface area (Å²) in [6.07, 6.45) is 3.33. The summed E-state index contributed by atoms with van der Waals surface area (Å²) in [6, 6.07) is 0.738. The molecule has 12 heavy (non-hydrogen) atoms. The average molecular weight is 162 g/mol. The fourth-order valence-corrected chi connectivity index (χ4v) is 2.24. The van der Waals surface area contributed by atoms with E-state index in [9.17, 15) is 0 Å². The number of fused-ring (bicyclic) bond motifs is 3. The number of hydrogen-bond acceptors (Lipinski definition) is 2. The van der Waals surface area contributed by atoms with Crippen LogP contribution in [0.15, 0.2) is 6.20 Å². The fraction of sp³-hybridized carbons (Fsp3) is 0.500. The number of aromatic nitrogens is 1. The van der Waals surface area contributed by atoms with Crippen molar-refractivity contribution in [1.29, 1.82) is 0 Å². The maximum absolute atomic E-state index is 4.34. The van der Waals surface area contributed by atoms with Crippen LogP contribution in [-0.4, -0.2) is 11.0 Å². The van der Waals surface area contributed by atoms with E-state index >= 15 is 0 Å². The van der Waals surface area contributed by atoms with Gasteiger partial charge in [-0.2, -0.15) is 0 Å². The van der Waals surface area contributed by atoms with E-state index in [1.807, 2.05) is 6.20 Å². The third-order valence-corrected chi connectivity index (χ3v) is 3.00. The van der Waals surface area contributed by atoms with Crippen LogP contribution in [0.2, 0.25) is 0 Å². The first-order valence-corrected chi connectivity index (χ1v) is 4.50. The van der Waals surface area contributed by atoms with Gasteiger partial charge in [0.05, 0.1) is 11.4 Å². The molecule has 1 saturated carbocycles. The van der Waals surface area contributed by atoms with Crippen molar-refractivity contribution < 1.29 is 1.43 Å². The molecular weight excluding hydrogens is 148 g/mol. The second-order valence-corrected chi connectivity index (χ2v) is 3.91. The van der Waals surface area contributed by atoms with Gasteiger partial charge in [-0.1, -0.05) is 0 Å². The molecule has 0 spiro atoms. The van der Waals surface area contributed by atoms with E-state index in [-0.39, 0.29) is 1.43 Å². The van der Waals surface area contributed by atoms with Crippen molar-refractivity contribution >= 4 is 5.69 Å². The van der Waals surface area contributed by atoms with Crippen LogP contribution < -0.4 is 5.32 Å². The molecule has 64 valence electrons. The predicted octanol–water partition coefficient (Wildman–Crippen LogP) is 2.23. The zero-order valence-corrected chi connectivity index (χ0v) is 7.39. The Morgan fingerprint density at radius 3 is 3.17 bits per heavy atom. The number of rotatable bonds is 0. The van der Waals surface area contributed by atoms with Gasteiger partial charge in [0.1, 0.15) is 0 Å². The van der Waals surface area contributed by atoms with Gasteiger partial charge >= 0.3 is 0 Å². The lowest BCUT2D eigenvalue weighted by Crippen LogP contribution is -2.00. The lowest BCUT2D eigenvalue weighted by atomic mass is 10.1. The second kappa shape index (κ2) is 1.82. The van der Waals surface area contributed by atoms with Gasteiger partial charge in [-0.25, -0.2) is 0 Å². The van der Waals surface area contributed by atoms with E-state index in [4.69, 9.17) is 0 Å². The maximum Gasteiger partial charge on any atom is 0.0606 e. The summed E-state index contributed by atoms with van der Waals surface area (Å²) in [4.78, 5) is 4.34. The molecule has 1 aliphatic heterocycles. The third-order valence-electron chi connectivity index (χ3n) is 3.00. The summed E-state index contributed by atoms with van der Waals surface area (Å²) in [6.45, 7) is 4.24. The molecule has 2 aliphatic rings. The highest BCUT2D eigenvalue weighted by molar-refractivity contribution is 5.67. The number of aryl methyl sites for hydroxylation is 2. The van der Waals surface area contributed by atoms with Crippen LogP contribution in [0.1, 0.15) is 30.6 Å². The summed E-state index contributed by atoms with van der Waals surface area (Å²) >= 11 is 0. The molecule has 2 unspecified atom stereocenters. The molecule has 0 aromatic carbocycles. The molecule has 0 amide bonds. The topological polar surface area (TPSA) is 24.9 Å². The molecule has 2 nitrogen and oxygen atoms in total. The van der Waals surface area contributed by atoms with Crippen LogP contribution in [0.25, 0.3) is 0 Å². The van der Waals surface area contributed by atoms with Crippen LogP contribution in [0.5, 0.6) is 0 Å². The molecule has 0 saturated heterocycles. The Bertz CT molecular complexity index is 362. The zero-order valence-electron chi connectivity index (χ0n) is 7.39. The number of pyridine rings is 1. The monoisotopic (exact) mass is 162 g/mol. The van der Waals surface area contributed by atoms with E-state index in [2.05, 4.69) is 24.1 Å². The SMILES string of the molecule is Cc1cnc(C)c2c1C1CC1N2.[HH]. The van der Waals surface area contributed by atoms with Crippen molar-refractivity contribution in [1.82, 2.24) is 4.98 Å². The van der Waals surface area contributed by atoms with Crippen molar-refractivity contribution in [2.75, 3.05) is 5.32 Å². The van der Waals surface area contributed by atoms with Crippen molar-refractivity contribution in [2.24, 2.45) is 0 Å². The molecule has 2 heteroatoms. The lowest BCUT2D eigenvalue weighted by molar-refractivity contribution is 1.08. The molecular formula is C10H14N2. The summed E-state index contributed by atoms with van der Waals surface area (Å²) in [5.41, 5.74) is 5.36. The van der Waals surface area contributed by atoms with E-state index < -0.39 is 0 Å². The van der Waals surface area contributed by atoms with Crippen molar-refractivity contribution in [2.45, 2.75) is 32.2 Å². The van der Waals surface area contributed by atoms with Crippen LogP contribution in [0.3, 0.4) is 0 Å². The summed E-state index contributed by atoms with van der Waals surface area (Å²) in [7, 11) is 0. The van der Waals surface area contributed by atoms with Crippen LogP contribution in [0.4, 0.5) is 5.69 Å². The number of nitrogens with zero attached hydrogens (tertiary/aromatic N) is 1. The summed E-state index contributed by atoms with van der Waals surface area (Å²) < 4.78 is 0. The molecule has 3 rings (SSSR count). The smallest absolute Gasteiger partial charge is 0.0606 e. The van der Waals surface area contributed by atoms with Gasteiger partial charge in [0.15, 0.2) is 0 Å². The van der Waals surface area contributed by atoms with E-state index in [1.54, 1.807) is 0 Å². The summed E-state index contributed by atoms with van der Waals surface area (Å²) in [5, 5.41) is 3.52. The minimum Gasteiger partial charge on any atom is -0.380 e. The normalized spacial score (nSPS) is 29.2. The Hall–Kier alpha value is -1.05. The lowest BCUT2D eigenvalue weighted by Gasteiger charge is -2.08. The Labute approximate surface area is 73.5 Å². The fourth-order valence-electron chi connectivity index (χ4n) is 2.24. The van der Waals surface area contributed by atoms with Gasteiger partial charge in [0.2, 0.25) is 0 Å². The standard InChI is InChI=1S/C10H12N2.H2/c1-5-4-11-6(2)10-9(5)7-3-8(7)12-10;/h4,7-8,12H,3H2,1-2H3;1H. The van der Waals surface area contributed by atoms with E-state index in [0.29, 0.717) is 0 Å². The first-order chi connectivity index (χ1) is 5.77. The Kier molecular flexibility index (Phi) is 0.978. The Balaban J connectivity index is 0.000000653. The van der Waals surface area contributed by atoms with E-state index in [1.165, 1.54) is 23.2 Å². The van der Waals surface area contributed by atoms with E-state index in [0.717, 1.165) is 17.7 Å². The molecule has 1 fully saturated rings. The van der Waals surface area contributed by atoms with Gasteiger partial charge in [0, 0.05) is 19.6 Å². The summed E-state index contributed by atoms with van der Waals surface area (Å²) in [5.74, 6) is 0.807. The first-order valence-electron chi connectivity index (χ1n) is 4.50.